The average Bonchev–Trinajstić information content (AvgIpc) is 2.46. The quantitative estimate of drug-likeness (QED) is 0.723. The van der Waals surface area contributed by atoms with Crippen molar-refractivity contribution in [2.24, 2.45) is 0 Å². The third kappa shape index (κ3) is 1.53. The van der Waals surface area contributed by atoms with Gasteiger partial charge in [-0.3, -0.25) is 0 Å². The minimum absolute atomic E-state index is 0.234. The zero-order chi connectivity index (χ0) is 9.42. The highest BCUT2D eigenvalue weighted by Gasteiger charge is 2.02. The lowest BCUT2D eigenvalue weighted by molar-refractivity contribution is -0.254. The Morgan fingerprint density at radius 2 is 2.15 bits per heavy atom. The molecule has 66 valence electrons. The van der Waals surface area contributed by atoms with Gasteiger partial charge >= 0.3 is 0 Å². The molecule has 0 bridgehead atoms. The third-order valence-electron chi connectivity index (χ3n) is 1.68. The van der Waals surface area contributed by atoms with Crippen LogP contribution in [0.3, 0.4) is 0 Å². The van der Waals surface area contributed by atoms with Crippen molar-refractivity contribution in [1.82, 2.24) is 0 Å². The van der Waals surface area contributed by atoms with E-state index in [4.69, 9.17) is 11.6 Å². The van der Waals surface area contributed by atoms with Crippen LogP contribution in [-0.2, 0) is 0 Å². The molecular weight excluding hydrogens is 208 g/mol. The summed E-state index contributed by atoms with van der Waals surface area (Å²) in [6.07, 6.45) is 0. The fourth-order valence-corrected chi connectivity index (χ4v) is 2.17. The summed E-state index contributed by atoms with van der Waals surface area (Å²) in [6, 6.07) is 6.84. The number of rotatable bonds is 1. The molecular formula is C9H4ClO2S-. The van der Waals surface area contributed by atoms with Crippen molar-refractivity contribution in [3.05, 3.63) is 34.2 Å². The van der Waals surface area contributed by atoms with E-state index in [1.54, 1.807) is 24.3 Å². The van der Waals surface area contributed by atoms with Gasteiger partial charge in [0, 0.05) is 9.72 Å². The molecule has 0 atom stereocenters. The van der Waals surface area contributed by atoms with Crippen LogP contribution in [0.4, 0.5) is 0 Å². The number of aromatic carboxylic acids is 1. The lowest BCUT2D eigenvalue weighted by Crippen LogP contribution is -2.20. The second-order valence-electron chi connectivity index (χ2n) is 2.58. The van der Waals surface area contributed by atoms with Crippen molar-refractivity contribution < 1.29 is 9.90 Å². The molecule has 0 saturated heterocycles. The summed E-state index contributed by atoms with van der Waals surface area (Å²) in [6.45, 7) is 0. The Bertz CT molecular complexity index is 475. The first kappa shape index (κ1) is 8.53. The van der Waals surface area contributed by atoms with E-state index in [0.717, 1.165) is 10.1 Å². The minimum atomic E-state index is -1.14. The standard InChI is InChI=1S/C9H5ClO2S/c10-6-1-2-7-5(3-6)4-8(13-7)9(11)12/h1-4H,(H,11,12)/p-1. The van der Waals surface area contributed by atoms with Crippen LogP contribution in [0.1, 0.15) is 9.67 Å². The minimum Gasteiger partial charge on any atom is -0.544 e. The van der Waals surface area contributed by atoms with Crippen LogP contribution in [0.5, 0.6) is 0 Å². The highest BCUT2D eigenvalue weighted by Crippen LogP contribution is 2.27. The molecule has 2 rings (SSSR count). The Labute approximate surface area is 83.4 Å². The molecule has 0 spiro atoms. The Hall–Kier alpha value is -1.06. The van der Waals surface area contributed by atoms with Gasteiger partial charge in [-0.2, -0.15) is 0 Å². The van der Waals surface area contributed by atoms with Crippen LogP contribution < -0.4 is 5.11 Å². The summed E-state index contributed by atoms with van der Waals surface area (Å²) in [4.78, 5) is 10.8. The van der Waals surface area contributed by atoms with Gasteiger partial charge in [0.25, 0.3) is 0 Å². The number of fused-ring (bicyclic) bond motifs is 1. The van der Waals surface area contributed by atoms with E-state index in [2.05, 4.69) is 0 Å². The molecule has 4 heteroatoms. The van der Waals surface area contributed by atoms with Gasteiger partial charge in [-0.05, 0) is 29.7 Å². The fraction of sp³-hybridized carbons (Fsp3) is 0. The maximum Gasteiger partial charge on any atom is 0.0815 e. The Kier molecular flexibility index (Phi) is 1.98. The van der Waals surface area contributed by atoms with E-state index in [1.165, 1.54) is 11.3 Å². The second kappa shape index (κ2) is 3.01. The molecule has 13 heavy (non-hydrogen) atoms. The summed E-state index contributed by atoms with van der Waals surface area (Å²) in [5.74, 6) is -1.14. The molecule has 0 N–H and O–H groups in total. The maximum absolute atomic E-state index is 10.5. The summed E-state index contributed by atoms with van der Waals surface area (Å²) in [5, 5.41) is 12.0. The molecule has 0 aliphatic rings. The van der Waals surface area contributed by atoms with Crippen molar-refractivity contribution in [1.29, 1.82) is 0 Å². The number of hydrogen-bond acceptors (Lipinski definition) is 3. The van der Waals surface area contributed by atoms with Crippen LogP contribution in [-0.4, -0.2) is 5.97 Å². The molecule has 0 unspecified atom stereocenters. The molecule has 0 fully saturated rings. The molecule has 0 saturated carbocycles. The van der Waals surface area contributed by atoms with Crippen LogP contribution in [0.2, 0.25) is 5.02 Å². The number of carbonyl (C=O) groups is 1. The molecule has 2 nitrogen and oxygen atoms in total. The van der Waals surface area contributed by atoms with Crippen molar-refractivity contribution >= 4 is 39.0 Å². The van der Waals surface area contributed by atoms with Gasteiger partial charge in [0.05, 0.1) is 10.8 Å². The second-order valence-corrected chi connectivity index (χ2v) is 4.10. The number of carboxylic acid groups (broad SMARTS) is 1. The number of halogens is 1. The lowest BCUT2D eigenvalue weighted by Gasteiger charge is -1.92. The lowest BCUT2D eigenvalue weighted by atomic mass is 10.2. The van der Waals surface area contributed by atoms with Crippen LogP contribution in [0, 0.1) is 0 Å². The first-order valence-corrected chi connectivity index (χ1v) is 4.77. The Balaban J connectivity index is 2.68. The van der Waals surface area contributed by atoms with Crippen molar-refractivity contribution in [3.8, 4) is 0 Å². The number of carboxylic acids is 1. The van der Waals surface area contributed by atoms with Crippen LogP contribution in [0.15, 0.2) is 24.3 Å². The molecule has 0 radical (unpaired) electrons. The SMILES string of the molecule is O=C([O-])c1cc2cc(Cl)ccc2s1. The van der Waals surface area contributed by atoms with Crippen molar-refractivity contribution in [2.45, 2.75) is 0 Å². The highest BCUT2D eigenvalue weighted by atomic mass is 35.5. The van der Waals surface area contributed by atoms with Crippen LogP contribution >= 0.6 is 22.9 Å². The van der Waals surface area contributed by atoms with E-state index in [1.807, 2.05) is 0 Å². The first-order valence-electron chi connectivity index (χ1n) is 3.57. The molecule has 1 aromatic heterocycles. The molecule has 0 aliphatic heterocycles. The Morgan fingerprint density at radius 3 is 2.85 bits per heavy atom. The number of benzene rings is 1. The van der Waals surface area contributed by atoms with Gasteiger partial charge < -0.3 is 9.90 Å². The highest BCUT2D eigenvalue weighted by molar-refractivity contribution is 7.20. The molecule has 2 aromatic rings. The Morgan fingerprint density at radius 1 is 1.38 bits per heavy atom. The van der Waals surface area contributed by atoms with E-state index in [9.17, 15) is 9.90 Å². The molecule has 1 aromatic carbocycles. The first-order chi connectivity index (χ1) is 6.16. The zero-order valence-corrected chi connectivity index (χ0v) is 7.98. The van der Waals surface area contributed by atoms with Gasteiger partial charge in [-0.25, -0.2) is 0 Å². The average molecular weight is 212 g/mol. The van der Waals surface area contributed by atoms with Crippen molar-refractivity contribution in [3.63, 3.8) is 0 Å². The molecule has 0 amide bonds. The number of hydrogen-bond donors (Lipinski definition) is 0. The maximum atomic E-state index is 10.5. The molecule has 0 aliphatic carbocycles. The summed E-state index contributed by atoms with van der Waals surface area (Å²) >= 11 is 6.94. The fourth-order valence-electron chi connectivity index (χ4n) is 1.11. The predicted octanol–water partition coefficient (Wildman–Crippen LogP) is 1.92. The summed E-state index contributed by atoms with van der Waals surface area (Å²) in [7, 11) is 0. The van der Waals surface area contributed by atoms with E-state index in [-0.39, 0.29) is 4.88 Å². The van der Waals surface area contributed by atoms with Gasteiger partial charge in [0.15, 0.2) is 0 Å². The summed E-state index contributed by atoms with van der Waals surface area (Å²) in [5.41, 5.74) is 0. The number of carbonyl (C=O) groups excluding carboxylic acids is 1. The number of thiophene rings is 1. The van der Waals surface area contributed by atoms with E-state index >= 15 is 0 Å². The largest absolute Gasteiger partial charge is 0.544 e. The zero-order valence-electron chi connectivity index (χ0n) is 6.41. The van der Waals surface area contributed by atoms with Crippen LogP contribution in [0.25, 0.3) is 10.1 Å². The van der Waals surface area contributed by atoms with Gasteiger partial charge in [-0.15, -0.1) is 11.3 Å². The van der Waals surface area contributed by atoms with Gasteiger partial charge in [-0.1, -0.05) is 11.6 Å². The predicted molar refractivity (Wildman–Crippen MR) is 51.2 cm³/mol. The van der Waals surface area contributed by atoms with E-state index < -0.39 is 5.97 Å². The van der Waals surface area contributed by atoms with E-state index in [0.29, 0.717) is 5.02 Å². The third-order valence-corrected chi connectivity index (χ3v) is 3.01. The van der Waals surface area contributed by atoms with Gasteiger partial charge in [0.2, 0.25) is 0 Å². The smallest absolute Gasteiger partial charge is 0.0815 e. The summed E-state index contributed by atoms with van der Waals surface area (Å²) < 4.78 is 0.906. The van der Waals surface area contributed by atoms with Crippen molar-refractivity contribution in [2.75, 3.05) is 0 Å². The normalized spacial score (nSPS) is 10.5. The molecule has 1 heterocycles. The monoisotopic (exact) mass is 211 g/mol. The van der Waals surface area contributed by atoms with Gasteiger partial charge in [0.1, 0.15) is 0 Å². The topological polar surface area (TPSA) is 40.1 Å².